The van der Waals surface area contributed by atoms with Gasteiger partial charge in [-0.05, 0) is 43.0 Å². The van der Waals surface area contributed by atoms with Gasteiger partial charge in [0.25, 0.3) is 0 Å². The van der Waals surface area contributed by atoms with Crippen molar-refractivity contribution in [3.63, 3.8) is 0 Å². The summed E-state index contributed by atoms with van der Waals surface area (Å²) in [5.74, 6) is -0.340. The first-order chi connectivity index (χ1) is 18.5. The third-order valence-electron chi connectivity index (χ3n) is 6.96. The number of aromatic nitrogens is 1. The summed E-state index contributed by atoms with van der Waals surface area (Å²) in [4.78, 5) is 30.9. The van der Waals surface area contributed by atoms with E-state index in [0.717, 1.165) is 30.6 Å². The number of methoxy groups -OCH3 is 1. The molecule has 3 aromatic rings. The molecular weight excluding hydrogens is 474 g/mol. The lowest BCUT2D eigenvalue weighted by Gasteiger charge is -2.30. The van der Waals surface area contributed by atoms with E-state index in [-0.39, 0.29) is 24.3 Å². The topological polar surface area (TPSA) is 54.8 Å². The summed E-state index contributed by atoms with van der Waals surface area (Å²) >= 11 is 0. The van der Waals surface area contributed by atoms with Crippen molar-refractivity contribution < 1.29 is 14.3 Å². The van der Waals surface area contributed by atoms with Crippen LogP contribution in [0.1, 0.15) is 61.4 Å². The molecule has 1 atom stereocenters. The Morgan fingerprint density at radius 1 is 0.947 bits per heavy atom. The van der Waals surface area contributed by atoms with E-state index in [9.17, 15) is 9.59 Å². The highest BCUT2D eigenvalue weighted by molar-refractivity contribution is 5.88. The molecule has 0 spiro atoms. The summed E-state index contributed by atoms with van der Waals surface area (Å²) in [7, 11) is 1.62. The number of unbranched alkanes of at least 4 members (excludes halogenated alkanes) is 1. The van der Waals surface area contributed by atoms with Crippen LogP contribution in [0.15, 0.2) is 72.9 Å². The Kier molecular flexibility index (Phi) is 11.6. The van der Waals surface area contributed by atoms with Crippen molar-refractivity contribution in [3.8, 4) is 0 Å². The van der Waals surface area contributed by atoms with Gasteiger partial charge in [0.1, 0.15) is 0 Å². The van der Waals surface area contributed by atoms with Crippen molar-refractivity contribution in [2.24, 2.45) is 0 Å². The minimum Gasteiger partial charge on any atom is -0.383 e. The third kappa shape index (κ3) is 8.32. The zero-order chi connectivity index (χ0) is 27.3. The number of ether oxygens (including phenoxy) is 1. The fourth-order valence-corrected chi connectivity index (χ4v) is 4.78. The first-order valence-corrected chi connectivity index (χ1v) is 13.8. The second kappa shape index (κ2) is 15.1. The summed E-state index contributed by atoms with van der Waals surface area (Å²) in [6, 6.07) is 22.4. The van der Waals surface area contributed by atoms with Crippen molar-refractivity contribution in [1.82, 2.24) is 14.4 Å². The largest absolute Gasteiger partial charge is 0.383 e. The normalized spacial score (nSPS) is 11.8. The maximum absolute atomic E-state index is 13.7. The average molecular weight is 518 g/mol. The number of nitrogens with zero attached hydrogens (tertiary/aromatic N) is 3. The van der Waals surface area contributed by atoms with E-state index in [4.69, 9.17) is 4.74 Å². The SMILES string of the molecule is CCCCN(Cc1cccn1Cc1cccc(C)c1)C(=O)CN(CCOC)C(=O)C(CC)c1ccccc1. The van der Waals surface area contributed by atoms with Gasteiger partial charge >= 0.3 is 0 Å². The Balaban J connectivity index is 1.77. The van der Waals surface area contributed by atoms with Crippen molar-refractivity contribution >= 4 is 11.8 Å². The molecular formula is C32H43N3O3. The second-order valence-corrected chi connectivity index (χ2v) is 9.91. The van der Waals surface area contributed by atoms with Crippen LogP contribution in [-0.4, -0.2) is 59.5 Å². The molecule has 0 bridgehead atoms. The van der Waals surface area contributed by atoms with Crippen LogP contribution < -0.4 is 0 Å². The van der Waals surface area contributed by atoms with Crippen LogP contribution in [0.25, 0.3) is 0 Å². The fraction of sp³-hybridized carbons (Fsp3) is 0.438. The first kappa shape index (κ1) is 29.2. The molecule has 1 heterocycles. The minimum atomic E-state index is -0.281. The zero-order valence-corrected chi connectivity index (χ0v) is 23.4. The lowest BCUT2D eigenvalue weighted by atomic mass is 9.95. The van der Waals surface area contributed by atoms with Crippen molar-refractivity contribution in [1.29, 1.82) is 0 Å². The average Bonchev–Trinajstić information content (AvgIpc) is 3.36. The Labute approximate surface area is 228 Å². The first-order valence-electron chi connectivity index (χ1n) is 13.8. The Hall–Kier alpha value is -3.38. The van der Waals surface area contributed by atoms with Gasteiger partial charge in [0, 0.05) is 38.6 Å². The molecule has 0 saturated heterocycles. The molecule has 6 nitrogen and oxygen atoms in total. The van der Waals surface area contributed by atoms with Gasteiger partial charge in [0.2, 0.25) is 11.8 Å². The van der Waals surface area contributed by atoms with Crippen LogP contribution in [0.2, 0.25) is 0 Å². The van der Waals surface area contributed by atoms with Gasteiger partial charge in [0.05, 0.1) is 25.6 Å². The molecule has 0 aliphatic heterocycles. The van der Waals surface area contributed by atoms with Gasteiger partial charge in [-0.15, -0.1) is 0 Å². The molecule has 38 heavy (non-hydrogen) atoms. The number of aryl methyl sites for hydroxylation is 1. The monoisotopic (exact) mass is 517 g/mol. The van der Waals surface area contributed by atoms with E-state index in [2.05, 4.69) is 54.9 Å². The van der Waals surface area contributed by atoms with Gasteiger partial charge in [-0.3, -0.25) is 9.59 Å². The van der Waals surface area contributed by atoms with Crippen LogP contribution in [0.4, 0.5) is 0 Å². The van der Waals surface area contributed by atoms with Gasteiger partial charge in [0.15, 0.2) is 0 Å². The van der Waals surface area contributed by atoms with Crippen molar-refractivity contribution in [3.05, 3.63) is 95.3 Å². The van der Waals surface area contributed by atoms with Gasteiger partial charge in [-0.25, -0.2) is 0 Å². The van der Waals surface area contributed by atoms with Crippen LogP contribution in [0, 0.1) is 6.92 Å². The van der Waals surface area contributed by atoms with Gasteiger partial charge < -0.3 is 19.1 Å². The van der Waals surface area contributed by atoms with Crippen molar-refractivity contribution in [2.75, 3.05) is 33.4 Å². The molecule has 2 amide bonds. The summed E-state index contributed by atoms with van der Waals surface area (Å²) in [6.45, 7) is 9.00. The number of hydrogen-bond donors (Lipinski definition) is 0. The van der Waals surface area contributed by atoms with Crippen molar-refractivity contribution in [2.45, 2.75) is 59.0 Å². The molecule has 6 heteroatoms. The van der Waals surface area contributed by atoms with E-state index in [0.29, 0.717) is 32.7 Å². The molecule has 0 fully saturated rings. The second-order valence-electron chi connectivity index (χ2n) is 9.91. The van der Waals surface area contributed by atoms with E-state index in [1.807, 2.05) is 48.2 Å². The molecule has 0 N–H and O–H groups in total. The maximum Gasteiger partial charge on any atom is 0.242 e. The highest BCUT2D eigenvalue weighted by Gasteiger charge is 2.27. The molecule has 0 saturated carbocycles. The summed E-state index contributed by atoms with van der Waals surface area (Å²) in [5, 5.41) is 0. The zero-order valence-electron chi connectivity index (χ0n) is 23.4. The lowest BCUT2D eigenvalue weighted by Crippen LogP contribution is -2.45. The predicted molar refractivity (Wildman–Crippen MR) is 153 cm³/mol. The summed E-state index contributed by atoms with van der Waals surface area (Å²) in [5.41, 5.74) is 4.53. The quantitative estimate of drug-likeness (QED) is 0.262. The third-order valence-corrected chi connectivity index (χ3v) is 6.96. The van der Waals surface area contributed by atoms with E-state index >= 15 is 0 Å². The van der Waals surface area contributed by atoms with Gasteiger partial charge in [-0.1, -0.05) is 80.4 Å². The molecule has 3 rings (SSSR count). The molecule has 1 unspecified atom stereocenters. The van der Waals surface area contributed by atoms with E-state index in [1.165, 1.54) is 11.1 Å². The highest BCUT2D eigenvalue weighted by Crippen LogP contribution is 2.22. The molecule has 0 aliphatic rings. The standard InChI is InChI=1S/C32H43N3O3/c1-5-7-18-34(24-29-17-12-19-33(29)23-27-14-11-13-26(3)22-27)31(36)25-35(20-21-38-4)32(37)30(6-2)28-15-9-8-10-16-28/h8-17,19,22,30H,5-7,18,20-21,23-25H2,1-4H3. The van der Waals surface area contributed by atoms with Gasteiger partial charge in [-0.2, -0.15) is 0 Å². The van der Waals surface area contributed by atoms with Crippen LogP contribution in [0.5, 0.6) is 0 Å². The lowest BCUT2D eigenvalue weighted by molar-refractivity contribution is -0.142. The molecule has 1 aromatic heterocycles. The van der Waals surface area contributed by atoms with E-state index in [1.54, 1.807) is 12.0 Å². The number of benzene rings is 2. The number of carbonyl (C=O) groups is 2. The minimum absolute atomic E-state index is 0.0256. The Bertz CT molecular complexity index is 1140. The summed E-state index contributed by atoms with van der Waals surface area (Å²) in [6.07, 6.45) is 4.65. The fourth-order valence-electron chi connectivity index (χ4n) is 4.78. The predicted octanol–water partition coefficient (Wildman–Crippen LogP) is 5.64. The van der Waals surface area contributed by atoms with E-state index < -0.39 is 0 Å². The molecule has 0 aliphatic carbocycles. The molecule has 204 valence electrons. The maximum atomic E-state index is 13.7. The number of rotatable bonds is 15. The number of hydrogen-bond acceptors (Lipinski definition) is 3. The smallest absolute Gasteiger partial charge is 0.242 e. The van der Waals surface area contributed by atoms with Crippen LogP contribution in [-0.2, 0) is 27.4 Å². The number of amides is 2. The molecule has 0 radical (unpaired) electrons. The Morgan fingerprint density at radius 2 is 1.74 bits per heavy atom. The van der Waals surface area contributed by atoms with Crippen LogP contribution in [0.3, 0.4) is 0 Å². The molecule has 2 aromatic carbocycles. The number of carbonyl (C=O) groups excluding carboxylic acids is 2. The Morgan fingerprint density at radius 3 is 2.42 bits per heavy atom. The highest BCUT2D eigenvalue weighted by atomic mass is 16.5. The summed E-state index contributed by atoms with van der Waals surface area (Å²) < 4.78 is 7.50. The van der Waals surface area contributed by atoms with Crippen LogP contribution >= 0.6 is 0 Å².